The summed E-state index contributed by atoms with van der Waals surface area (Å²) in [4.78, 5) is 25.2. The molecule has 170 valence electrons. The first-order chi connectivity index (χ1) is 15.2. The van der Waals surface area contributed by atoms with Crippen LogP contribution in [0, 0.1) is 11.2 Å². The maximum absolute atomic E-state index is 15.3. The van der Waals surface area contributed by atoms with Crippen LogP contribution in [-0.2, 0) is 24.0 Å². The smallest absolute Gasteiger partial charge is 0.253 e. The molecular formula is C25H30FN3O3. The largest absolute Gasteiger partial charge is 0.381 e. The molecule has 0 unspecified atom stereocenters. The van der Waals surface area contributed by atoms with Crippen molar-refractivity contribution in [3.05, 3.63) is 46.0 Å². The van der Waals surface area contributed by atoms with Crippen molar-refractivity contribution < 1.29 is 18.7 Å². The van der Waals surface area contributed by atoms with Gasteiger partial charge in [-0.25, -0.2) is 4.39 Å². The molecule has 5 rings (SSSR count). The van der Waals surface area contributed by atoms with Gasteiger partial charge >= 0.3 is 0 Å². The number of primary amides is 1. The number of nitrogens with two attached hydrogens (primary N) is 1. The second-order valence-corrected chi connectivity index (χ2v) is 10.1. The highest BCUT2D eigenvalue weighted by molar-refractivity contribution is 6.01. The highest BCUT2D eigenvalue weighted by Gasteiger charge is 2.39. The molecule has 6 nitrogen and oxygen atoms in total. The fraction of sp³-hybridized carbons (Fsp3) is 0.520. The molecule has 2 aliphatic carbocycles. The third-order valence-corrected chi connectivity index (χ3v) is 7.04. The Bertz CT molecular complexity index is 1110. The molecule has 2 heterocycles. The zero-order valence-electron chi connectivity index (χ0n) is 18.7. The number of amides is 1. The number of ketones is 1. The van der Waals surface area contributed by atoms with E-state index in [0.29, 0.717) is 31.0 Å². The van der Waals surface area contributed by atoms with Crippen molar-refractivity contribution in [3.8, 4) is 5.69 Å². The summed E-state index contributed by atoms with van der Waals surface area (Å²) in [6.45, 7) is 5.46. The molecule has 0 atom stereocenters. The Morgan fingerprint density at radius 3 is 2.66 bits per heavy atom. The van der Waals surface area contributed by atoms with Crippen LogP contribution < -0.4 is 11.1 Å². The number of carbonyl (C=O) groups excluding carboxylic acids is 2. The van der Waals surface area contributed by atoms with E-state index in [2.05, 4.69) is 23.7 Å². The summed E-state index contributed by atoms with van der Waals surface area (Å²) in [6, 6.07) is 3.30. The lowest BCUT2D eigenvalue weighted by molar-refractivity contribution is 0.0902. The lowest BCUT2D eigenvalue weighted by atomic mass is 9.75. The third kappa shape index (κ3) is 3.52. The normalized spacial score (nSPS) is 20.2. The third-order valence-electron chi connectivity index (χ3n) is 7.04. The quantitative estimate of drug-likeness (QED) is 0.755. The van der Waals surface area contributed by atoms with E-state index in [1.807, 2.05) is 6.07 Å². The van der Waals surface area contributed by atoms with Crippen molar-refractivity contribution in [2.45, 2.75) is 64.8 Å². The molecule has 2 aromatic rings. The number of ether oxygens (including phenoxy) is 1. The van der Waals surface area contributed by atoms with Gasteiger partial charge in [-0.3, -0.25) is 9.59 Å². The van der Waals surface area contributed by atoms with Gasteiger partial charge in [-0.2, -0.15) is 0 Å². The summed E-state index contributed by atoms with van der Waals surface area (Å²) >= 11 is 0. The molecule has 0 spiro atoms. The van der Waals surface area contributed by atoms with Gasteiger partial charge in [-0.15, -0.1) is 0 Å². The van der Waals surface area contributed by atoms with Crippen molar-refractivity contribution in [1.29, 1.82) is 0 Å². The molecule has 1 aromatic heterocycles. The molecule has 3 aliphatic rings. The number of fused-ring (bicyclic) bond motifs is 3. The highest BCUT2D eigenvalue weighted by atomic mass is 19.1. The first kappa shape index (κ1) is 21.2. The topological polar surface area (TPSA) is 86.4 Å². The van der Waals surface area contributed by atoms with Crippen molar-refractivity contribution in [1.82, 2.24) is 4.57 Å². The number of aromatic nitrogens is 1. The van der Waals surface area contributed by atoms with Gasteiger partial charge in [0, 0.05) is 42.6 Å². The van der Waals surface area contributed by atoms with Crippen LogP contribution in [0.25, 0.3) is 5.69 Å². The number of benzene rings is 1. The van der Waals surface area contributed by atoms with E-state index < -0.39 is 11.7 Å². The molecule has 1 amide bonds. The number of rotatable bonds is 4. The number of hydrogen-bond acceptors (Lipinski definition) is 4. The first-order valence-electron chi connectivity index (χ1n) is 11.5. The number of halogens is 1. The van der Waals surface area contributed by atoms with Crippen molar-refractivity contribution >= 4 is 17.4 Å². The minimum atomic E-state index is -0.792. The minimum Gasteiger partial charge on any atom is -0.381 e. The lowest BCUT2D eigenvalue weighted by Gasteiger charge is -2.30. The van der Waals surface area contributed by atoms with E-state index in [4.69, 9.17) is 10.5 Å². The lowest BCUT2D eigenvalue weighted by Crippen LogP contribution is -2.30. The van der Waals surface area contributed by atoms with E-state index in [1.54, 1.807) is 0 Å². The van der Waals surface area contributed by atoms with Gasteiger partial charge in [-0.05, 0) is 61.6 Å². The fourth-order valence-electron chi connectivity index (χ4n) is 5.69. The van der Waals surface area contributed by atoms with E-state index >= 15 is 4.39 Å². The number of Topliss-reactive ketones (excluding diaryl/α,β-unsaturated/α-hetero) is 1. The molecule has 3 N–H and O–H groups in total. The predicted molar refractivity (Wildman–Crippen MR) is 120 cm³/mol. The van der Waals surface area contributed by atoms with E-state index in [1.165, 1.54) is 6.07 Å². The molecule has 1 aliphatic heterocycles. The highest BCUT2D eigenvalue weighted by Crippen LogP contribution is 2.43. The second kappa shape index (κ2) is 7.73. The molecular weight excluding hydrogens is 409 g/mol. The molecule has 0 bridgehead atoms. The second-order valence-electron chi connectivity index (χ2n) is 10.1. The standard InChI is InChI=1S/C25H30FN3O3/c1-25(2)12-20-22(21(30)13-25)16-4-3-5-19(16)29(20)15-10-17(26)23(24(27)31)18(11-15)28-14-6-8-32-9-7-14/h10-11,14,28H,3-9,12-13H2,1-2H3,(H2,27,31). The van der Waals surface area contributed by atoms with Crippen molar-refractivity contribution in [2.24, 2.45) is 11.1 Å². The predicted octanol–water partition coefficient (Wildman–Crippen LogP) is 3.95. The molecule has 32 heavy (non-hydrogen) atoms. The van der Waals surface area contributed by atoms with E-state index in [0.717, 1.165) is 61.0 Å². The van der Waals surface area contributed by atoms with Crippen LogP contribution in [0.5, 0.6) is 0 Å². The summed E-state index contributed by atoms with van der Waals surface area (Å²) in [5.41, 5.74) is 10.4. The van der Waals surface area contributed by atoms with Gasteiger partial charge in [0.1, 0.15) is 5.82 Å². The average Bonchev–Trinajstić information content (AvgIpc) is 3.26. The Labute approximate surface area is 187 Å². The SMILES string of the molecule is CC1(C)CC(=O)c2c3c(n(-c4cc(F)c(C(N)=O)c(NC5CCOCC5)c4)c2C1)CCC3. The van der Waals surface area contributed by atoms with Gasteiger partial charge in [0.05, 0.1) is 16.9 Å². The van der Waals surface area contributed by atoms with Gasteiger partial charge in [-0.1, -0.05) is 13.8 Å². The summed E-state index contributed by atoms with van der Waals surface area (Å²) in [5.74, 6) is -1.25. The summed E-state index contributed by atoms with van der Waals surface area (Å²) in [6.07, 6.45) is 5.57. The van der Waals surface area contributed by atoms with Gasteiger partial charge in [0.2, 0.25) is 0 Å². The first-order valence-corrected chi connectivity index (χ1v) is 11.5. The van der Waals surface area contributed by atoms with Gasteiger partial charge in [0.25, 0.3) is 5.91 Å². The minimum absolute atomic E-state index is 0.0845. The number of hydrogen-bond donors (Lipinski definition) is 2. The maximum atomic E-state index is 15.3. The van der Waals surface area contributed by atoms with Crippen LogP contribution in [0.4, 0.5) is 10.1 Å². The van der Waals surface area contributed by atoms with Crippen LogP contribution in [0.15, 0.2) is 12.1 Å². The number of carbonyl (C=O) groups is 2. The Hall–Kier alpha value is -2.67. The average molecular weight is 440 g/mol. The van der Waals surface area contributed by atoms with Crippen molar-refractivity contribution in [2.75, 3.05) is 18.5 Å². The summed E-state index contributed by atoms with van der Waals surface area (Å²) < 4.78 is 22.8. The Kier molecular flexibility index (Phi) is 5.12. The van der Waals surface area contributed by atoms with Crippen LogP contribution in [-0.4, -0.2) is 35.5 Å². The Morgan fingerprint density at radius 1 is 1.19 bits per heavy atom. The number of anilines is 1. The molecule has 1 aromatic carbocycles. The van der Waals surface area contributed by atoms with Crippen molar-refractivity contribution in [3.63, 3.8) is 0 Å². The van der Waals surface area contributed by atoms with Crippen LogP contribution in [0.2, 0.25) is 0 Å². The summed E-state index contributed by atoms with van der Waals surface area (Å²) in [5, 5.41) is 3.35. The molecule has 1 fully saturated rings. The molecule has 0 radical (unpaired) electrons. The van der Waals surface area contributed by atoms with E-state index in [-0.39, 0.29) is 22.8 Å². The van der Waals surface area contributed by atoms with Crippen LogP contribution in [0.1, 0.15) is 77.2 Å². The maximum Gasteiger partial charge on any atom is 0.253 e. The Morgan fingerprint density at radius 2 is 1.94 bits per heavy atom. The van der Waals surface area contributed by atoms with E-state index in [9.17, 15) is 9.59 Å². The van der Waals surface area contributed by atoms with Crippen LogP contribution in [0.3, 0.4) is 0 Å². The number of nitrogens with one attached hydrogen (secondary N) is 1. The Balaban J connectivity index is 1.67. The zero-order valence-corrected chi connectivity index (χ0v) is 18.7. The van der Waals surface area contributed by atoms with Crippen LogP contribution >= 0.6 is 0 Å². The zero-order chi connectivity index (χ0) is 22.6. The number of nitrogens with zero attached hydrogens (tertiary/aromatic N) is 1. The summed E-state index contributed by atoms with van der Waals surface area (Å²) in [7, 11) is 0. The molecule has 7 heteroatoms. The molecule has 0 saturated carbocycles. The monoisotopic (exact) mass is 439 g/mol. The van der Waals surface area contributed by atoms with Gasteiger partial charge in [0.15, 0.2) is 5.78 Å². The van der Waals surface area contributed by atoms with Gasteiger partial charge < -0.3 is 20.4 Å². The fourth-order valence-corrected chi connectivity index (χ4v) is 5.69. The molecule has 1 saturated heterocycles.